The Bertz CT molecular complexity index is 1120. The first-order valence-corrected chi connectivity index (χ1v) is 28.3. The Hall–Kier alpha value is -1.28. The van der Waals surface area contributed by atoms with Crippen molar-refractivity contribution < 1.29 is 32.9 Å². The van der Waals surface area contributed by atoms with Crippen LogP contribution in [0, 0.1) is 0 Å². The van der Waals surface area contributed by atoms with Gasteiger partial charge in [-0.1, -0.05) is 230 Å². The normalized spacial score (nSPS) is 14.3. The van der Waals surface area contributed by atoms with Crippen molar-refractivity contribution in [3.05, 3.63) is 36.5 Å². The first-order chi connectivity index (χ1) is 30.5. The standard InChI is InChI=1S/C54H105N2O6P/c1-6-8-10-12-14-16-18-20-22-24-25-26-27-28-29-30-32-33-35-37-39-41-43-45-47-53(57)52(51-62-63(59,60)61-50-49-56(3,4)5)55-54(58)48-46-44-42-40-38-36-34-31-23-21-19-17-15-13-11-9-7-2/h15,17,21,23,45,47,52-53,57H,6-14,16,18-20,22,24-44,46,48-51H2,1-5H3,(H-,55,58,59,60)/b17-15-,23-21-,47-45+. The zero-order chi connectivity index (χ0) is 46.4. The molecule has 9 heteroatoms. The van der Waals surface area contributed by atoms with E-state index in [1.807, 2.05) is 27.2 Å². The molecule has 1 amide bonds. The van der Waals surface area contributed by atoms with E-state index in [2.05, 4.69) is 43.5 Å². The van der Waals surface area contributed by atoms with Crippen LogP contribution in [-0.4, -0.2) is 68.5 Å². The van der Waals surface area contributed by atoms with E-state index in [0.717, 1.165) is 57.8 Å². The summed E-state index contributed by atoms with van der Waals surface area (Å²) in [6, 6.07) is -0.890. The summed E-state index contributed by atoms with van der Waals surface area (Å²) < 4.78 is 23.3. The van der Waals surface area contributed by atoms with E-state index in [1.165, 1.54) is 173 Å². The van der Waals surface area contributed by atoms with Crippen LogP contribution in [0.4, 0.5) is 0 Å². The summed E-state index contributed by atoms with van der Waals surface area (Å²) in [4.78, 5) is 25.4. The summed E-state index contributed by atoms with van der Waals surface area (Å²) in [5, 5.41) is 13.9. The predicted octanol–water partition coefficient (Wildman–Crippen LogP) is 15.2. The van der Waals surface area contributed by atoms with Gasteiger partial charge in [0, 0.05) is 6.42 Å². The second kappa shape index (κ2) is 45.9. The number of aliphatic hydroxyl groups excluding tert-OH is 1. The minimum absolute atomic E-state index is 0.00251. The third-order valence-corrected chi connectivity index (χ3v) is 13.1. The number of phosphoric acid groups is 1. The summed E-state index contributed by atoms with van der Waals surface area (Å²) in [6.45, 7) is 4.64. The minimum Gasteiger partial charge on any atom is -0.756 e. The molecular formula is C54H105N2O6P. The number of hydrogen-bond acceptors (Lipinski definition) is 6. The van der Waals surface area contributed by atoms with Crippen molar-refractivity contribution >= 4 is 13.7 Å². The predicted molar refractivity (Wildman–Crippen MR) is 270 cm³/mol. The van der Waals surface area contributed by atoms with Gasteiger partial charge in [0.1, 0.15) is 13.2 Å². The molecule has 0 aromatic carbocycles. The number of unbranched alkanes of at least 4 members (excludes halogenated alkanes) is 32. The van der Waals surface area contributed by atoms with Gasteiger partial charge in [-0.3, -0.25) is 9.36 Å². The number of rotatable bonds is 49. The highest BCUT2D eigenvalue weighted by Crippen LogP contribution is 2.38. The molecule has 2 N–H and O–H groups in total. The first kappa shape index (κ1) is 61.7. The Balaban J connectivity index is 4.26. The third kappa shape index (κ3) is 48.5. The lowest BCUT2D eigenvalue weighted by Crippen LogP contribution is -2.45. The Labute approximate surface area is 391 Å². The Kier molecular flexibility index (Phi) is 44.9. The fourth-order valence-corrected chi connectivity index (χ4v) is 8.55. The largest absolute Gasteiger partial charge is 0.756 e. The summed E-state index contributed by atoms with van der Waals surface area (Å²) in [6.07, 6.45) is 57.8. The lowest BCUT2D eigenvalue weighted by atomic mass is 10.0. The van der Waals surface area contributed by atoms with Gasteiger partial charge < -0.3 is 28.8 Å². The van der Waals surface area contributed by atoms with E-state index < -0.39 is 20.0 Å². The SMILES string of the molecule is CCCCC/C=C\C/C=C\CCCCCCCCCC(=O)NC(COP(=O)([O-])OCC[N+](C)(C)C)C(O)/C=C/CCCCCCCCCCCCCCCCCCCCCCCC. The summed E-state index contributed by atoms with van der Waals surface area (Å²) in [7, 11) is 1.26. The minimum atomic E-state index is -4.60. The van der Waals surface area contributed by atoms with Gasteiger partial charge in [-0.2, -0.15) is 0 Å². The number of phosphoric ester groups is 1. The highest BCUT2D eigenvalue weighted by Gasteiger charge is 2.23. The topological polar surface area (TPSA) is 108 Å². The maximum absolute atomic E-state index is 12.9. The smallest absolute Gasteiger partial charge is 0.268 e. The number of amides is 1. The first-order valence-electron chi connectivity index (χ1n) is 26.9. The molecule has 0 rings (SSSR count). The van der Waals surface area contributed by atoms with E-state index in [9.17, 15) is 19.4 Å². The number of nitrogens with zero attached hydrogens (tertiary/aromatic N) is 1. The van der Waals surface area contributed by atoms with Gasteiger partial charge in [0.15, 0.2) is 0 Å². The van der Waals surface area contributed by atoms with Crippen LogP contribution in [-0.2, 0) is 18.4 Å². The number of nitrogens with one attached hydrogen (secondary N) is 1. The number of carbonyl (C=O) groups excluding carboxylic acids is 1. The monoisotopic (exact) mass is 909 g/mol. The zero-order valence-electron chi connectivity index (χ0n) is 42.3. The Morgan fingerprint density at radius 3 is 1.35 bits per heavy atom. The van der Waals surface area contributed by atoms with Crippen molar-refractivity contribution in [1.82, 2.24) is 5.32 Å². The van der Waals surface area contributed by atoms with Crippen molar-refractivity contribution in [2.45, 2.75) is 264 Å². The molecule has 3 atom stereocenters. The number of allylic oxidation sites excluding steroid dienone is 5. The fourth-order valence-electron chi connectivity index (χ4n) is 7.83. The number of carbonyl (C=O) groups is 1. The second-order valence-electron chi connectivity index (χ2n) is 19.6. The van der Waals surface area contributed by atoms with Crippen LogP contribution in [0.1, 0.15) is 251 Å². The van der Waals surface area contributed by atoms with Crippen LogP contribution in [0.25, 0.3) is 0 Å². The van der Waals surface area contributed by atoms with Crippen LogP contribution in [0.2, 0.25) is 0 Å². The Morgan fingerprint density at radius 2 is 0.921 bits per heavy atom. The molecule has 0 saturated carbocycles. The summed E-state index contributed by atoms with van der Waals surface area (Å²) in [5.74, 6) is -0.204. The van der Waals surface area contributed by atoms with Gasteiger partial charge in [0.2, 0.25) is 5.91 Å². The molecule has 0 aromatic heterocycles. The van der Waals surface area contributed by atoms with E-state index in [-0.39, 0.29) is 19.1 Å². The molecule has 372 valence electrons. The molecule has 8 nitrogen and oxygen atoms in total. The maximum Gasteiger partial charge on any atom is 0.268 e. The van der Waals surface area contributed by atoms with Gasteiger partial charge in [0.05, 0.1) is 39.9 Å². The molecule has 3 unspecified atom stereocenters. The molecule has 63 heavy (non-hydrogen) atoms. The molecule has 0 fully saturated rings. The molecule has 0 aliphatic heterocycles. The van der Waals surface area contributed by atoms with E-state index in [4.69, 9.17) is 9.05 Å². The van der Waals surface area contributed by atoms with Gasteiger partial charge in [-0.05, 0) is 51.4 Å². The van der Waals surface area contributed by atoms with Crippen LogP contribution in [0.5, 0.6) is 0 Å². The lowest BCUT2D eigenvalue weighted by Gasteiger charge is -2.29. The van der Waals surface area contributed by atoms with Crippen LogP contribution in [0.15, 0.2) is 36.5 Å². The molecule has 0 bridgehead atoms. The summed E-state index contributed by atoms with van der Waals surface area (Å²) >= 11 is 0. The molecule has 0 aromatic rings. The van der Waals surface area contributed by atoms with Crippen LogP contribution in [0.3, 0.4) is 0 Å². The van der Waals surface area contributed by atoms with Gasteiger partial charge in [-0.15, -0.1) is 0 Å². The molecule has 0 saturated heterocycles. The highest BCUT2D eigenvalue weighted by atomic mass is 31.2. The third-order valence-electron chi connectivity index (χ3n) is 12.1. The molecule has 0 aliphatic rings. The molecule has 0 aliphatic carbocycles. The highest BCUT2D eigenvalue weighted by molar-refractivity contribution is 7.45. The number of quaternary nitrogens is 1. The molecular weight excluding hydrogens is 804 g/mol. The summed E-state index contributed by atoms with van der Waals surface area (Å²) in [5.41, 5.74) is 0. The molecule has 0 heterocycles. The average Bonchev–Trinajstić information content (AvgIpc) is 3.24. The number of likely N-dealkylation sites (N-methyl/N-ethyl adjacent to an activating group) is 1. The maximum atomic E-state index is 12.9. The van der Waals surface area contributed by atoms with E-state index in [0.29, 0.717) is 17.4 Å². The van der Waals surface area contributed by atoms with Crippen LogP contribution < -0.4 is 10.2 Å². The van der Waals surface area contributed by atoms with Crippen molar-refractivity contribution in [2.24, 2.45) is 0 Å². The van der Waals surface area contributed by atoms with Crippen molar-refractivity contribution in [1.29, 1.82) is 0 Å². The quantitative estimate of drug-likeness (QED) is 0.0272. The fraction of sp³-hybridized carbons (Fsp3) is 0.870. The van der Waals surface area contributed by atoms with E-state index >= 15 is 0 Å². The zero-order valence-corrected chi connectivity index (χ0v) is 43.2. The van der Waals surface area contributed by atoms with Gasteiger partial charge >= 0.3 is 0 Å². The van der Waals surface area contributed by atoms with Gasteiger partial charge in [0.25, 0.3) is 7.82 Å². The van der Waals surface area contributed by atoms with Crippen molar-refractivity contribution in [2.75, 3.05) is 40.9 Å². The van der Waals surface area contributed by atoms with Gasteiger partial charge in [-0.25, -0.2) is 0 Å². The van der Waals surface area contributed by atoms with Crippen LogP contribution >= 0.6 is 7.82 Å². The Morgan fingerprint density at radius 1 is 0.556 bits per heavy atom. The van der Waals surface area contributed by atoms with Crippen molar-refractivity contribution in [3.63, 3.8) is 0 Å². The molecule has 0 radical (unpaired) electrons. The number of aliphatic hydroxyl groups is 1. The number of hydrogen-bond donors (Lipinski definition) is 2. The lowest BCUT2D eigenvalue weighted by molar-refractivity contribution is -0.870. The van der Waals surface area contributed by atoms with Crippen molar-refractivity contribution in [3.8, 4) is 0 Å². The molecule has 0 spiro atoms. The van der Waals surface area contributed by atoms with E-state index in [1.54, 1.807) is 6.08 Å². The second-order valence-corrected chi connectivity index (χ2v) is 21.0. The average molecular weight is 909 g/mol.